The van der Waals surface area contributed by atoms with Crippen LogP contribution < -0.4 is 0 Å². The van der Waals surface area contributed by atoms with E-state index in [9.17, 15) is 4.79 Å². The summed E-state index contributed by atoms with van der Waals surface area (Å²) in [6.07, 6.45) is 2.70. The molecule has 1 atom stereocenters. The van der Waals surface area contributed by atoms with Gasteiger partial charge in [-0.05, 0) is 12.0 Å². The minimum atomic E-state index is -0.106. The maximum atomic E-state index is 12.6. The first-order valence-corrected chi connectivity index (χ1v) is 7.35. The predicted molar refractivity (Wildman–Crippen MR) is 74.7 cm³/mol. The Morgan fingerprint density at radius 2 is 2.45 bits per heavy atom. The molecule has 0 saturated carbocycles. The van der Waals surface area contributed by atoms with Crippen molar-refractivity contribution in [3.63, 3.8) is 0 Å². The highest BCUT2D eigenvalue weighted by atomic mass is 32.1. The molecule has 1 unspecified atom stereocenters. The number of methoxy groups -OCH3 is 1. The number of rotatable bonds is 3. The van der Waals surface area contributed by atoms with Crippen molar-refractivity contribution >= 4 is 17.2 Å². The lowest BCUT2D eigenvalue weighted by atomic mass is 10.00. The first kappa shape index (κ1) is 13.3. The van der Waals surface area contributed by atoms with Crippen molar-refractivity contribution in [2.75, 3.05) is 20.3 Å². The quantitative estimate of drug-likeness (QED) is 0.854. The number of carbonyl (C=O) groups is 1. The number of aromatic nitrogens is 3. The summed E-state index contributed by atoms with van der Waals surface area (Å²) in [5.74, 6) is -0.0415. The van der Waals surface area contributed by atoms with Crippen LogP contribution in [0.2, 0.25) is 0 Å². The second kappa shape index (κ2) is 5.34. The number of aryl methyl sites for hydroxylation is 1. The van der Waals surface area contributed by atoms with Crippen LogP contribution in [-0.4, -0.2) is 45.8 Å². The molecule has 106 valence electrons. The topological polar surface area (TPSA) is 60.2 Å². The van der Waals surface area contributed by atoms with Crippen molar-refractivity contribution in [1.29, 1.82) is 0 Å². The highest BCUT2D eigenvalue weighted by molar-refractivity contribution is 7.07. The van der Waals surface area contributed by atoms with E-state index in [0.717, 1.165) is 12.1 Å². The Bertz CT molecular complexity index is 608. The summed E-state index contributed by atoms with van der Waals surface area (Å²) in [4.78, 5) is 18.5. The highest BCUT2D eigenvalue weighted by Crippen LogP contribution is 2.30. The number of ether oxygens (including phenoxy) is 1. The van der Waals surface area contributed by atoms with Crippen molar-refractivity contribution in [3.8, 4) is 0 Å². The molecule has 1 amide bonds. The molecular formula is C13H16N4O2S. The van der Waals surface area contributed by atoms with E-state index >= 15 is 0 Å². The zero-order valence-corrected chi connectivity index (χ0v) is 12.3. The van der Waals surface area contributed by atoms with Gasteiger partial charge in [0.25, 0.3) is 5.91 Å². The second-order valence-corrected chi connectivity index (χ2v) is 5.49. The molecule has 0 aromatic carbocycles. The van der Waals surface area contributed by atoms with Crippen molar-refractivity contribution in [3.05, 3.63) is 34.0 Å². The van der Waals surface area contributed by atoms with E-state index in [0.29, 0.717) is 18.8 Å². The molecule has 1 aliphatic rings. The molecule has 0 N–H and O–H groups in total. The Morgan fingerprint density at radius 3 is 3.15 bits per heavy atom. The standard InChI is InChI=1S/C13H16N4O2S/c1-16-12-9(5-15-16)3-4-17(11(12)6-19-2)13(18)10-7-20-8-14-10/h5,7-8,11H,3-4,6H2,1-2H3. The summed E-state index contributed by atoms with van der Waals surface area (Å²) < 4.78 is 7.14. The number of thiazole rings is 1. The summed E-state index contributed by atoms with van der Waals surface area (Å²) in [5, 5.41) is 6.08. The van der Waals surface area contributed by atoms with Gasteiger partial charge in [-0.3, -0.25) is 9.48 Å². The van der Waals surface area contributed by atoms with Gasteiger partial charge in [0.2, 0.25) is 0 Å². The van der Waals surface area contributed by atoms with Gasteiger partial charge in [-0.15, -0.1) is 11.3 Å². The van der Waals surface area contributed by atoms with E-state index in [-0.39, 0.29) is 11.9 Å². The molecular weight excluding hydrogens is 276 g/mol. The van der Waals surface area contributed by atoms with Gasteiger partial charge >= 0.3 is 0 Å². The van der Waals surface area contributed by atoms with Gasteiger partial charge in [0.05, 0.1) is 30.1 Å². The summed E-state index contributed by atoms with van der Waals surface area (Å²) in [7, 11) is 3.55. The van der Waals surface area contributed by atoms with Crippen molar-refractivity contribution in [1.82, 2.24) is 19.7 Å². The van der Waals surface area contributed by atoms with Gasteiger partial charge in [-0.2, -0.15) is 5.10 Å². The lowest BCUT2D eigenvalue weighted by Crippen LogP contribution is -2.42. The second-order valence-electron chi connectivity index (χ2n) is 4.77. The van der Waals surface area contributed by atoms with Gasteiger partial charge in [0.1, 0.15) is 5.69 Å². The van der Waals surface area contributed by atoms with E-state index in [1.54, 1.807) is 18.0 Å². The Labute approximate surface area is 121 Å². The van der Waals surface area contributed by atoms with Crippen LogP contribution in [0.3, 0.4) is 0 Å². The first-order chi connectivity index (χ1) is 9.72. The van der Waals surface area contributed by atoms with Gasteiger partial charge in [-0.25, -0.2) is 4.98 Å². The monoisotopic (exact) mass is 292 g/mol. The van der Waals surface area contributed by atoms with Crippen molar-refractivity contribution in [2.24, 2.45) is 7.05 Å². The van der Waals surface area contributed by atoms with Gasteiger partial charge in [0, 0.05) is 26.1 Å². The summed E-state index contributed by atoms with van der Waals surface area (Å²) >= 11 is 1.43. The number of hydrogen-bond acceptors (Lipinski definition) is 5. The van der Waals surface area contributed by atoms with E-state index in [1.165, 1.54) is 16.9 Å². The number of carbonyl (C=O) groups excluding carboxylic acids is 1. The minimum Gasteiger partial charge on any atom is -0.382 e. The van der Waals surface area contributed by atoms with Crippen LogP contribution >= 0.6 is 11.3 Å². The Hall–Kier alpha value is -1.73. The van der Waals surface area contributed by atoms with Crippen LogP contribution in [-0.2, 0) is 18.2 Å². The summed E-state index contributed by atoms with van der Waals surface area (Å²) in [6, 6.07) is -0.106. The number of amides is 1. The predicted octanol–water partition coefficient (Wildman–Crippen LogP) is 1.26. The molecule has 7 heteroatoms. The third kappa shape index (κ3) is 2.12. The number of nitrogens with zero attached hydrogens (tertiary/aromatic N) is 4. The third-order valence-corrected chi connectivity index (χ3v) is 4.20. The lowest BCUT2D eigenvalue weighted by Gasteiger charge is -2.35. The van der Waals surface area contributed by atoms with Gasteiger partial charge < -0.3 is 9.64 Å². The minimum absolute atomic E-state index is 0.0415. The largest absolute Gasteiger partial charge is 0.382 e. The highest BCUT2D eigenvalue weighted by Gasteiger charge is 2.34. The van der Waals surface area contributed by atoms with Gasteiger partial charge in [-0.1, -0.05) is 0 Å². The lowest BCUT2D eigenvalue weighted by molar-refractivity contribution is 0.0480. The van der Waals surface area contributed by atoms with E-state index in [1.807, 2.05) is 22.8 Å². The Balaban J connectivity index is 1.95. The molecule has 1 aliphatic heterocycles. The molecule has 6 nitrogen and oxygen atoms in total. The van der Waals surface area contributed by atoms with Gasteiger partial charge in [0.15, 0.2) is 0 Å². The zero-order valence-electron chi connectivity index (χ0n) is 11.4. The first-order valence-electron chi connectivity index (χ1n) is 6.41. The molecule has 0 aliphatic carbocycles. The average molecular weight is 292 g/mol. The average Bonchev–Trinajstić information content (AvgIpc) is 3.09. The SMILES string of the molecule is COCC1c2c(cnn2C)CCN1C(=O)c1cscn1. The molecule has 3 rings (SSSR count). The smallest absolute Gasteiger partial charge is 0.273 e. The fraction of sp³-hybridized carbons (Fsp3) is 0.462. The molecule has 2 aromatic heterocycles. The Morgan fingerprint density at radius 1 is 1.60 bits per heavy atom. The summed E-state index contributed by atoms with van der Waals surface area (Å²) in [5.41, 5.74) is 4.43. The number of fused-ring (bicyclic) bond motifs is 1. The van der Waals surface area contributed by atoms with Crippen molar-refractivity contribution in [2.45, 2.75) is 12.5 Å². The van der Waals surface area contributed by atoms with Crippen LogP contribution in [0.4, 0.5) is 0 Å². The van der Waals surface area contributed by atoms with Crippen LogP contribution in [0.5, 0.6) is 0 Å². The fourth-order valence-corrected chi connectivity index (χ4v) is 3.22. The molecule has 20 heavy (non-hydrogen) atoms. The molecule has 0 bridgehead atoms. The normalized spacial score (nSPS) is 18.1. The maximum Gasteiger partial charge on any atom is 0.273 e. The molecule has 0 spiro atoms. The third-order valence-electron chi connectivity index (χ3n) is 3.62. The van der Waals surface area contributed by atoms with Crippen LogP contribution in [0, 0.1) is 0 Å². The van der Waals surface area contributed by atoms with E-state index in [4.69, 9.17) is 4.74 Å². The van der Waals surface area contributed by atoms with Crippen LogP contribution in [0.25, 0.3) is 0 Å². The molecule has 0 fully saturated rings. The zero-order chi connectivity index (χ0) is 14.1. The molecule has 3 heterocycles. The maximum absolute atomic E-state index is 12.6. The fourth-order valence-electron chi connectivity index (χ4n) is 2.69. The summed E-state index contributed by atoms with van der Waals surface area (Å²) in [6.45, 7) is 1.13. The van der Waals surface area contributed by atoms with Crippen LogP contribution in [0.1, 0.15) is 27.8 Å². The Kier molecular flexibility index (Phi) is 3.54. The van der Waals surface area contributed by atoms with E-state index in [2.05, 4.69) is 10.1 Å². The van der Waals surface area contributed by atoms with E-state index < -0.39 is 0 Å². The van der Waals surface area contributed by atoms with Crippen molar-refractivity contribution < 1.29 is 9.53 Å². The number of hydrogen-bond donors (Lipinski definition) is 0. The molecule has 2 aromatic rings. The molecule has 0 radical (unpaired) electrons. The van der Waals surface area contributed by atoms with Crippen LogP contribution in [0.15, 0.2) is 17.1 Å². The molecule has 0 saturated heterocycles.